The highest BCUT2D eigenvalue weighted by Gasteiger charge is 2.33. The molecule has 0 aliphatic carbocycles. The number of carbonyl (C=O) groups is 2. The first-order valence-electron chi connectivity index (χ1n) is 5.98. The number of hydrogen-bond donors (Lipinski definition) is 1. The fourth-order valence-electron chi connectivity index (χ4n) is 2.08. The van der Waals surface area contributed by atoms with E-state index in [1.165, 1.54) is 4.90 Å². The number of amides is 1. The van der Waals surface area contributed by atoms with Crippen molar-refractivity contribution in [3.63, 3.8) is 0 Å². The summed E-state index contributed by atoms with van der Waals surface area (Å²) >= 11 is 5.74. The minimum atomic E-state index is -0.961. The second-order valence-corrected chi connectivity index (χ2v) is 4.76. The quantitative estimate of drug-likeness (QED) is 0.915. The molecule has 1 amide bonds. The van der Waals surface area contributed by atoms with Gasteiger partial charge in [-0.15, -0.1) is 0 Å². The van der Waals surface area contributed by atoms with Crippen LogP contribution in [0.3, 0.4) is 0 Å². The molecule has 102 valence electrons. The molecule has 1 heterocycles. The van der Waals surface area contributed by atoms with E-state index in [4.69, 9.17) is 21.4 Å². The van der Waals surface area contributed by atoms with Crippen LogP contribution in [0.15, 0.2) is 24.3 Å². The fraction of sp³-hybridized carbons (Fsp3) is 0.385. The van der Waals surface area contributed by atoms with Crippen LogP contribution in [-0.2, 0) is 9.59 Å². The molecule has 0 aromatic heterocycles. The maximum atomic E-state index is 11.9. The van der Waals surface area contributed by atoms with E-state index in [2.05, 4.69) is 0 Å². The molecule has 1 aromatic carbocycles. The highest BCUT2D eigenvalue weighted by Crippen LogP contribution is 2.19. The summed E-state index contributed by atoms with van der Waals surface area (Å²) in [5.74, 6) is -0.735. The number of ether oxygens (including phenoxy) is 1. The molecular weight excluding hydrogens is 270 g/mol. The van der Waals surface area contributed by atoms with Gasteiger partial charge in [-0.05, 0) is 37.1 Å². The second-order valence-electron chi connectivity index (χ2n) is 4.33. The summed E-state index contributed by atoms with van der Waals surface area (Å²) in [5.41, 5.74) is 0. The van der Waals surface area contributed by atoms with Crippen LogP contribution in [0.25, 0.3) is 0 Å². The van der Waals surface area contributed by atoms with Gasteiger partial charge >= 0.3 is 5.97 Å². The topological polar surface area (TPSA) is 66.8 Å². The summed E-state index contributed by atoms with van der Waals surface area (Å²) in [5, 5.41) is 9.59. The van der Waals surface area contributed by atoms with Crippen molar-refractivity contribution in [2.45, 2.75) is 18.9 Å². The van der Waals surface area contributed by atoms with Crippen molar-refractivity contribution in [1.82, 2.24) is 4.90 Å². The summed E-state index contributed by atoms with van der Waals surface area (Å²) in [4.78, 5) is 24.3. The number of halogens is 1. The van der Waals surface area contributed by atoms with Crippen LogP contribution < -0.4 is 4.74 Å². The molecule has 1 N–H and O–H groups in total. The van der Waals surface area contributed by atoms with Crippen molar-refractivity contribution in [3.05, 3.63) is 29.3 Å². The normalized spacial score (nSPS) is 18.4. The fourth-order valence-corrected chi connectivity index (χ4v) is 2.21. The summed E-state index contributed by atoms with van der Waals surface area (Å²) in [6.45, 7) is 0.311. The summed E-state index contributed by atoms with van der Waals surface area (Å²) in [6.07, 6.45) is 1.21. The van der Waals surface area contributed by atoms with E-state index >= 15 is 0 Å². The Labute approximate surface area is 115 Å². The van der Waals surface area contributed by atoms with Gasteiger partial charge in [0.05, 0.1) is 0 Å². The summed E-state index contributed by atoms with van der Waals surface area (Å²) < 4.78 is 5.32. The Hall–Kier alpha value is -1.75. The first-order chi connectivity index (χ1) is 9.08. The molecule has 1 fully saturated rings. The third-order valence-corrected chi connectivity index (χ3v) is 3.29. The van der Waals surface area contributed by atoms with Gasteiger partial charge in [0, 0.05) is 11.6 Å². The first-order valence-corrected chi connectivity index (χ1v) is 6.36. The molecule has 1 aliphatic rings. The van der Waals surface area contributed by atoms with E-state index in [-0.39, 0.29) is 12.5 Å². The molecule has 5 nitrogen and oxygen atoms in total. The summed E-state index contributed by atoms with van der Waals surface area (Å²) in [7, 11) is 0. The number of aliphatic carboxylic acids is 1. The van der Waals surface area contributed by atoms with Gasteiger partial charge in [0.25, 0.3) is 5.91 Å². The number of nitrogens with zero attached hydrogens (tertiary/aromatic N) is 1. The number of hydrogen-bond acceptors (Lipinski definition) is 3. The zero-order chi connectivity index (χ0) is 13.8. The van der Waals surface area contributed by atoms with Crippen molar-refractivity contribution >= 4 is 23.5 Å². The maximum absolute atomic E-state index is 11.9. The smallest absolute Gasteiger partial charge is 0.326 e. The van der Waals surface area contributed by atoms with E-state index in [0.29, 0.717) is 30.2 Å². The van der Waals surface area contributed by atoms with Crippen molar-refractivity contribution in [2.75, 3.05) is 13.2 Å². The molecule has 1 aliphatic heterocycles. The monoisotopic (exact) mass is 283 g/mol. The van der Waals surface area contributed by atoms with Crippen molar-refractivity contribution in [1.29, 1.82) is 0 Å². The van der Waals surface area contributed by atoms with E-state index in [1.807, 2.05) is 0 Å². The van der Waals surface area contributed by atoms with Crippen molar-refractivity contribution < 1.29 is 19.4 Å². The molecule has 2 rings (SSSR count). The number of benzene rings is 1. The van der Waals surface area contributed by atoms with Crippen molar-refractivity contribution in [2.24, 2.45) is 0 Å². The lowest BCUT2D eigenvalue weighted by molar-refractivity contribution is -0.148. The molecule has 1 atom stereocenters. The Morgan fingerprint density at radius 3 is 2.68 bits per heavy atom. The number of carbonyl (C=O) groups excluding carboxylic acids is 1. The van der Waals surface area contributed by atoms with Crippen LogP contribution in [0.5, 0.6) is 5.75 Å². The van der Waals surface area contributed by atoms with Crippen LogP contribution in [0.4, 0.5) is 0 Å². The summed E-state index contributed by atoms with van der Waals surface area (Å²) in [6, 6.07) is 5.93. The van der Waals surface area contributed by atoms with Gasteiger partial charge in [0.2, 0.25) is 0 Å². The Kier molecular flexibility index (Phi) is 4.27. The third-order valence-electron chi connectivity index (χ3n) is 3.03. The van der Waals surface area contributed by atoms with E-state index in [9.17, 15) is 9.59 Å². The lowest BCUT2D eigenvalue weighted by atomic mass is 10.2. The minimum Gasteiger partial charge on any atom is -0.484 e. The number of rotatable bonds is 4. The van der Waals surface area contributed by atoms with Gasteiger partial charge in [0.1, 0.15) is 11.8 Å². The van der Waals surface area contributed by atoms with Crippen molar-refractivity contribution in [3.8, 4) is 5.75 Å². The van der Waals surface area contributed by atoms with E-state index in [0.717, 1.165) is 0 Å². The van der Waals surface area contributed by atoms with Gasteiger partial charge in [-0.2, -0.15) is 0 Å². The Morgan fingerprint density at radius 1 is 1.37 bits per heavy atom. The van der Waals surface area contributed by atoms with Gasteiger partial charge in [0.15, 0.2) is 6.61 Å². The molecule has 0 saturated carbocycles. The molecule has 0 unspecified atom stereocenters. The van der Waals surface area contributed by atoms with E-state index < -0.39 is 12.0 Å². The Bertz CT molecular complexity index is 474. The highest BCUT2D eigenvalue weighted by molar-refractivity contribution is 6.30. The van der Waals surface area contributed by atoms with Crippen LogP contribution in [0, 0.1) is 0 Å². The molecule has 0 bridgehead atoms. The molecule has 0 radical (unpaired) electrons. The zero-order valence-electron chi connectivity index (χ0n) is 10.2. The van der Waals surface area contributed by atoms with Gasteiger partial charge < -0.3 is 14.7 Å². The molecule has 19 heavy (non-hydrogen) atoms. The molecule has 1 saturated heterocycles. The third kappa shape index (κ3) is 3.38. The van der Waals surface area contributed by atoms with Crippen LogP contribution in [0.2, 0.25) is 5.02 Å². The van der Waals surface area contributed by atoms with Gasteiger partial charge in [-0.3, -0.25) is 4.79 Å². The zero-order valence-corrected chi connectivity index (χ0v) is 11.0. The Morgan fingerprint density at radius 2 is 2.05 bits per heavy atom. The predicted molar refractivity (Wildman–Crippen MR) is 69.3 cm³/mol. The Balaban J connectivity index is 1.90. The largest absolute Gasteiger partial charge is 0.484 e. The number of carboxylic acid groups (broad SMARTS) is 1. The predicted octanol–water partition coefficient (Wildman–Crippen LogP) is 1.79. The van der Waals surface area contributed by atoms with Crippen LogP contribution >= 0.6 is 11.6 Å². The average Bonchev–Trinajstić information content (AvgIpc) is 2.87. The van der Waals surface area contributed by atoms with Gasteiger partial charge in [-0.25, -0.2) is 4.79 Å². The van der Waals surface area contributed by atoms with Gasteiger partial charge in [-0.1, -0.05) is 11.6 Å². The first kappa shape index (κ1) is 13.7. The SMILES string of the molecule is O=C(O)[C@@H]1CCCN1C(=O)COc1ccc(Cl)cc1. The minimum absolute atomic E-state index is 0.161. The standard InChI is InChI=1S/C13H14ClNO4/c14-9-3-5-10(6-4-9)19-8-12(16)15-7-1-2-11(15)13(17)18/h3-6,11H,1-2,7-8H2,(H,17,18)/t11-/m0/s1. The molecular formula is C13H14ClNO4. The average molecular weight is 284 g/mol. The number of carboxylic acids is 1. The van der Waals surface area contributed by atoms with Crippen LogP contribution in [0.1, 0.15) is 12.8 Å². The lowest BCUT2D eigenvalue weighted by Crippen LogP contribution is -2.42. The highest BCUT2D eigenvalue weighted by atomic mass is 35.5. The molecule has 0 spiro atoms. The van der Waals surface area contributed by atoms with E-state index in [1.54, 1.807) is 24.3 Å². The lowest BCUT2D eigenvalue weighted by Gasteiger charge is -2.21. The number of likely N-dealkylation sites (tertiary alicyclic amines) is 1. The molecule has 1 aromatic rings. The van der Waals surface area contributed by atoms with Crippen LogP contribution in [-0.4, -0.2) is 41.1 Å². The maximum Gasteiger partial charge on any atom is 0.326 e. The molecule has 6 heteroatoms. The second kappa shape index (κ2) is 5.93.